The summed E-state index contributed by atoms with van der Waals surface area (Å²) in [5, 5.41) is 0. The topological polar surface area (TPSA) is 3.24 Å². The molecule has 94 valence electrons. The molecular weight excluding hydrogens is 194 g/mol. The van der Waals surface area contributed by atoms with Gasteiger partial charge in [0, 0.05) is 13.1 Å². The van der Waals surface area contributed by atoms with E-state index in [1.54, 1.807) is 0 Å². The minimum absolute atomic E-state index is 0.912. The van der Waals surface area contributed by atoms with Crippen molar-refractivity contribution < 1.29 is 0 Å². The number of hydrogen-bond acceptors (Lipinski definition) is 1. The maximum absolute atomic E-state index is 2.74. The lowest BCUT2D eigenvalue weighted by molar-refractivity contribution is 0.104. The summed E-state index contributed by atoms with van der Waals surface area (Å²) in [5.74, 6) is 3.85. The molecule has 0 aromatic rings. The normalized spacial score (nSPS) is 42.2. The highest BCUT2D eigenvalue weighted by molar-refractivity contribution is 4.79. The van der Waals surface area contributed by atoms with Gasteiger partial charge in [0.25, 0.3) is 0 Å². The zero-order valence-electron chi connectivity index (χ0n) is 11.4. The maximum atomic E-state index is 2.74. The maximum Gasteiger partial charge on any atom is 0.000987 e. The summed E-state index contributed by atoms with van der Waals surface area (Å²) in [6.45, 7) is 11.4. The van der Waals surface area contributed by atoms with Gasteiger partial charge in [0.15, 0.2) is 0 Å². The molecule has 1 aliphatic heterocycles. The molecule has 2 aliphatic rings. The Morgan fingerprint density at radius 1 is 1.00 bits per heavy atom. The predicted octanol–water partition coefficient (Wildman–Crippen LogP) is 3.79. The fourth-order valence-corrected chi connectivity index (χ4v) is 3.61. The van der Waals surface area contributed by atoms with Crippen LogP contribution in [0.3, 0.4) is 0 Å². The van der Waals surface area contributed by atoms with Crippen molar-refractivity contribution in [2.75, 3.05) is 19.6 Å². The molecule has 0 N–H and O–H groups in total. The largest absolute Gasteiger partial charge is 0.303 e. The van der Waals surface area contributed by atoms with Crippen LogP contribution in [-0.2, 0) is 0 Å². The molecule has 1 nitrogen and oxygen atoms in total. The molecule has 1 heteroatoms. The summed E-state index contributed by atoms with van der Waals surface area (Å²) in [7, 11) is 0. The summed E-state index contributed by atoms with van der Waals surface area (Å²) >= 11 is 0. The first-order valence-corrected chi connectivity index (χ1v) is 7.37. The summed E-state index contributed by atoms with van der Waals surface area (Å²) in [4.78, 5) is 2.74. The van der Waals surface area contributed by atoms with Gasteiger partial charge in [-0.15, -0.1) is 0 Å². The molecule has 0 spiro atoms. The first-order chi connectivity index (χ1) is 7.65. The van der Waals surface area contributed by atoms with Gasteiger partial charge in [0.1, 0.15) is 0 Å². The highest BCUT2D eigenvalue weighted by Gasteiger charge is 2.26. The quantitative estimate of drug-likeness (QED) is 0.688. The van der Waals surface area contributed by atoms with Crippen LogP contribution < -0.4 is 0 Å². The molecule has 0 radical (unpaired) electrons. The summed E-state index contributed by atoms with van der Waals surface area (Å²) in [6.07, 6.45) is 7.35. The molecule has 2 fully saturated rings. The van der Waals surface area contributed by atoms with Gasteiger partial charge < -0.3 is 4.90 Å². The molecule has 1 heterocycles. The Kier molecular flexibility index (Phi) is 4.29. The monoisotopic (exact) mass is 223 g/mol. The SMILES string of the molecule is CC1CCCC(CN2CCC(C)C(C)C2)C1. The van der Waals surface area contributed by atoms with Gasteiger partial charge in [-0.1, -0.05) is 33.6 Å². The number of piperidine rings is 1. The van der Waals surface area contributed by atoms with Crippen molar-refractivity contribution in [3.05, 3.63) is 0 Å². The molecule has 1 aliphatic carbocycles. The average molecular weight is 223 g/mol. The molecule has 0 amide bonds. The molecular formula is C15H29N. The van der Waals surface area contributed by atoms with Gasteiger partial charge in [-0.25, -0.2) is 0 Å². The number of hydrogen-bond donors (Lipinski definition) is 0. The average Bonchev–Trinajstić information content (AvgIpc) is 2.24. The van der Waals surface area contributed by atoms with Gasteiger partial charge >= 0.3 is 0 Å². The fraction of sp³-hybridized carbons (Fsp3) is 1.00. The zero-order chi connectivity index (χ0) is 11.5. The Hall–Kier alpha value is -0.0400. The van der Waals surface area contributed by atoms with Crippen molar-refractivity contribution in [1.82, 2.24) is 4.90 Å². The number of nitrogens with zero attached hydrogens (tertiary/aromatic N) is 1. The van der Waals surface area contributed by atoms with Crippen LogP contribution >= 0.6 is 0 Å². The minimum atomic E-state index is 0.912. The van der Waals surface area contributed by atoms with Crippen LogP contribution in [0.4, 0.5) is 0 Å². The van der Waals surface area contributed by atoms with Crippen molar-refractivity contribution >= 4 is 0 Å². The lowest BCUT2D eigenvalue weighted by Gasteiger charge is -2.38. The molecule has 0 aromatic carbocycles. The molecule has 4 atom stereocenters. The van der Waals surface area contributed by atoms with Crippen molar-refractivity contribution in [1.29, 1.82) is 0 Å². The van der Waals surface area contributed by atoms with E-state index in [0.29, 0.717) is 0 Å². The highest BCUT2D eigenvalue weighted by Crippen LogP contribution is 2.31. The van der Waals surface area contributed by atoms with Gasteiger partial charge in [0.05, 0.1) is 0 Å². The van der Waals surface area contributed by atoms with Crippen LogP contribution in [-0.4, -0.2) is 24.5 Å². The van der Waals surface area contributed by atoms with E-state index in [4.69, 9.17) is 0 Å². The predicted molar refractivity (Wildman–Crippen MR) is 70.5 cm³/mol. The first kappa shape index (κ1) is 12.4. The van der Waals surface area contributed by atoms with E-state index in [1.807, 2.05) is 0 Å². The summed E-state index contributed by atoms with van der Waals surface area (Å²) in [5.41, 5.74) is 0. The Bertz CT molecular complexity index is 213. The third-order valence-electron chi connectivity index (χ3n) is 4.98. The Balaban J connectivity index is 1.76. The second kappa shape index (κ2) is 5.53. The van der Waals surface area contributed by atoms with Crippen molar-refractivity contribution in [3.63, 3.8) is 0 Å². The molecule has 4 unspecified atom stereocenters. The smallest absolute Gasteiger partial charge is 0.000987 e. The number of likely N-dealkylation sites (tertiary alicyclic amines) is 1. The van der Waals surface area contributed by atoms with Gasteiger partial charge in [-0.05, 0) is 49.5 Å². The third kappa shape index (κ3) is 3.23. The zero-order valence-corrected chi connectivity index (χ0v) is 11.4. The number of rotatable bonds is 2. The minimum Gasteiger partial charge on any atom is -0.303 e. The van der Waals surface area contributed by atoms with E-state index in [1.165, 1.54) is 51.7 Å². The van der Waals surface area contributed by atoms with Crippen LogP contribution in [0, 0.1) is 23.7 Å². The van der Waals surface area contributed by atoms with E-state index < -0.39 is 0 Å². The molecule has 1 saturated heterocycles. The Morgan fingerprint density at radius 2 is 1.81 bits per heavy atom. The molecule has 16 heavy (non-hydrogen) atoms. The third-order valence-corrected chi connectivity index (χ3v) is 4.98. The summed E-state index contributed by atoms with van der Waals surface area (Å²) < 4.78 is 0. The second-order valence-electron chi connectivity index (χ2n) is 6.64. The lowest BCUT2D eigenvalue weighted by atomic mass is 9.81. The van der Waals surface area contributed by atoms with E-state index in [-0.39, 0.29) is 0 Å². The van der Waals surface area contributed by atoms with Crippen LogP contribution in [0.15, 0.2) is 0 Å². The molecule has 2 rings (SSSR count). The molecule has 0 bridgehead atoms. The fourth-order valence-electron chi connectivity index (χ4n) is 3.61. The molecule has 1 saturated carbocycles. The van der Waals surface area contributed by atoms with E-state index in [2.05, 4.69) is 25.7 Å². The van der Waals surface area contributed by atoms with Gasteiger partial charge in [-0.3, -0.25) is 0 Å². The highest BCUT2D eigenvalue weighted by atomic mass is 15.1. The van der Waals surface area contributed by atoms with Crippen molar-refractivity contribution in [2.45, 2.75) is 52.9 Å². The second-order valence-corrected chi connectivity index (χ2v) is 6.64. The van der Waals surface area contributed by atoms with Crippen molar-refractivity contribution in [3.8, 4) is 0 Å². The van der Waals surface area contributed by atoms with Crippen molar-refractivity contribution in [2.24, 2.45) is 23.7 Å². The van der Waals surface area contributed by atoms with Crippen LogP contribution in [0.5, 0.6) is 0 Å². The van der Waals surface area contributed by atoms with Gasteiger partial charge in [-0.2, -0.15) is 0 Å². The Morgan fingerprint density at radius 3 is 2.50 bits per heavy atom. The Labute approximate surface area is 102 Å². The summed E-state index contributed by atoms with van der Waals surface area (Å²) in [6, 6.07) is 0. The van der Waals surface area contributed by atoms with Gasteiger partial charge in [0.2, 0.25) is 0 Å². The van der Waals surface area contributed by atoms with E-state index >= 15 is 0 Å². The van der Waals surface area contributed by atoms with E-state index in [0.717, 1.165) is 23.7 Å². The lowest BCUT2D eigenvalue weighted by Crippen LogP contribution is -2.41. The van der Waals surface area contributed by atoms with E-state index in [9.17, 15) is 0 Å². The molecule has 0 aromatic heterocycles. The standard InChI is InChI=1S/C15H29N/c1-12-5-4-6-15(9-12)11-16-8-7-13(2)14(3)10-16/h12-15H,4-11H2,1-3H3. The first-order valence-electron chi connectivity index (χ1n) is 7.37. The van der Waals surface area contributed by atoms with Crippen LogP contribution in [0.2, 0.25) is 0 Å². The van der Waals surface area contributed by atoms with Crippen LogP contribution in [0.1, 0.15) is 52.9 Å². The van der Waals surface area contributed by atoms with Crippen LogP contribution in [0.25, 0.3) is 0 Å².